The highest BCUT2D eigenvalue weighted by molar-refractivity contribution is 5.94. The van der Waals surface area contributed by atoms with E-state index in [1.807, 2.05) is 41.3 Å². The van der Waals surface area contributed by atoms with Crippen LogP contribution in [-0.4, -0.2) is 40.8 Å². The van der Waals surface area contributed by atoms with Crippen LogP contribution in [0.1, 0.15) is 47.2 Å². The molecule has 3 aromatic rings. The van der Waals surface area contributed by atoms with E-state index >= 15 is 0 Å². The van der Waals surface area contributed by atoms with E-state index in [9.17, 15) is 9.59 Å². The molecule has 1 saturated heterocycles. The number of aromatic nitrogens is 1. The van der Waals surface area contributed by atoms with Gasteiger partial charge in [-0.05, 0) is 43.0 Å². The van der Waals surface area contributed by atoms with Crippen LogP contribution < -0.4 is 5.32 Å². The predicted octanol–water partition coefficient (Wildman–Crippen LogP) is 4.27. The molecule has 164 valence electrons. The van der Waals surface area contributed by atoms with Crippen LogP contribution in [0.4, 0.5) is 0 Å². The molecule has 0 spiro atoms. The number of nitrogens with one attached hydrogen (secondary N) is 1. The molecule has 0 saturated carbocycles. The number of rotatable bonds is 6. The lowest BCUT2D eigenvalue weighted by molar-refractivity contribution is -0.127. The summed E-state index contributed by atoms with van der Waals surface area (Å²) < 4.78 is 0. The second-order valence-electron chi connectivity index (χ2n) is 8.40. The highest BCUT2D eigenvalue weighted by Crippen LogP contribution is 2.29. The van der Waals surface area contributed by atoms with Crippen molar-refractivity contribution in [1.82, 2.24) is 15.2 Å². The van der Waals surface area contributed by atoms with Crippen molar-refractivity contribution >= 4 is 11.8 Å². The maximum atomic E-state index is 13.1. The highest BCUT2D eigenvalue weighted by Gasteiger charge is 2.30. The molecule has 5 nitrogen and oxygen atoms in total. The first kappa shape index (κ1) is 21.8. The molecular weight excluding hydrogens is 398 g/mol. The Morgan fingerprint density at radius 1 is 0.906 bits per heavy atom. The number of benzene rings is 2. The van der Waals surface area contributed by atoms with E-state index in [4.69, 9.17) is 0 Å². The molecule has 5 heteroatoms. The number of hydrogen-bond acceptors (Lipinski definition) is 3. The summed E-state index contributed by atoms with van der Waals surface area (Å²) in [5.41, 5.74) is 2.96. The van der Waals surface area contributed by atoms with E-state index in [0.717, 1.165) is 0 Å². The number of hydrogen-bond donors (Lipinski definition) is 1. The molecule has 2 amide bonds. The van der Waals surface area contributed by atoms with Crippen molar-refractivity contribution in [3.05, 3.63) is 102 Å². The molecule has 1 aromatic heterocycles. The summed E-state index contributed by atoms with van der Waals surface area (Å²) in [5, 5.41) is 3.27. The molecule has 1 atom stereocenters. The van der Waals surface area contributed by atoms with Gasteiger partial charge in [0.05, 0.1) is 5.56 Å². The summed E-state index contributed by atoms with van der Waals surface area (Å²) in [6.45, 7) is 3.24. The number of carbonyl (C=O) groups is 2. The molecule has 0 unspecified atom stereocenters. The van der Waals surface area contributed by atoms with E-state index in [1.165, 1.54) is 11.1 Å². The van der Waals surface area contributed by atoms with Crippen LogP contribution in [-0.2, 0) is 4.79 Å². The Balaban J connectivity index is 1.39. The van der Waals surface area contributed by atoms with Crippen LogP contribution in [0.5, 0.6) is 0 Å². The summed E-state index contributed by atoms with van der Waals surface area (Å²) in [4.78, 5) is 31.6. The topological polar surface area (TPSA) is 62.3 Å². The Labute approximate surface area is 189 Å². The van der Waals surface area contributed by atoms with Crippen molar-refractivity contribution in [2.45, 2.75) is 31.7 Å². The monoisotopic (exact) mass is 427 g/mol. The minimum absolute atomic E-state index is 0.0152. The molecule has 1 fully saturated rings. The van der Waals surface area contributed by atoms with Crippen molar-refractivity contribution in [1.29, 1.82) is 0 Å². The number of amides is 2. The third kappa shape index (κ3) is 5.05. The predicted molar refractivity (Wildman–Crippen MR) is 125 cm³/mol. The Hall–Kier alpha value is -3.47. The first-order valence-electron chi connectivity index (χ1n) is 11.2. The fourth-order valence-corrected chi connectivity index (χ4v) is 4.53. The highest BCUT2D eigenvalue weighted by atomic mass is 16.2. The zero-order chi connectivity index (χ0) is 22.3. The zero-order valence-electron chi connectivity index (χ0n) is 18.4. The summed E-state index contributed by atoms with van der Waals surface area (Å²) in [7, 11) is 0. The largest absolute Gasteiger partial charge is 0.352 e. The normalized spacial score (nSPS) is 15.4. The summed E-state index contributed by atoms with van der Waals surface area (Å²) >= 11 is 0. The third-order valence-electron chi connectivity index (χ3n) is 6.25. The lowest BCUT2D eigenvalue weighted by atomic mass is 9.85. The van der Waals surface area contributed by atoms with Gasteiger partial charge in [0.15, 0.2) is 0 Å². The van der Waals surface area contributed by atoms with Gasteiger partial charge in [0, 0.05) is 43.4 Å². The lowest BCUT2D eigenvalue weighted by Crippen LogP contribution is -2.46. The Bertz CT molecular complexity index is 977. The van der Waals surface area contributed by atoms with Crippen LogP contribution in [0.25, 0.3) is 0 Å². The van der Waals surface area contributed by atoms with Crippen LogP contribution in [0.2, 0.25) is 0 Å². The number of carbonyl (C=O) groups excluding carboxylic acids is 2. The van der Waals surface area contributed by atoms with Gasteiger partial charge in [0.2, 0.25) is 5.91 Å². The number of pyridine rings is 1. The summed E-state index contributed by atoms with van der Waals surface area (Å²) in [6.07, 6.45) is 4.60. The third-order valence-corrected chi connectivity index (χ3v) is 6.25. The molecule has 1 aliphatic rings. The van der Waals surface area contributed by atoms with Crippen molar-refractivity contribution < 1.29 is 9.59 Å². The zero-order valence-corrected chi connectivity index (χ0v) is 18.4. The van der Waals surface area contributed by atoms with Gasteiger partial charge >= 0.3 is 0 Å². The van der Waals surface area contributed by atoms with Crippen LogP contribution >= 0.6 is 0 Å². The van der Waals surface area contributed by atoms with Crippen molar-refractivity contribution in [3.63, 3.8) is 0 Å². The Morgan fingerprint density at radius 2 is 1.50 bits per heavy atom. The first-order chi connectivity index (χ1) is 15.6. The summed E-state index contributed by atoms with van der Waals surface area (Å²) in [5.74, 6) is 0.0533. The Morgan fingerprint density at radius 3 is 2.03 bits per heavy atom. The quantitative estimate of drug-likeness (QED) is 0.639. The smallest absolute Gasteiger partial charge is 0.255 e. The molecule has 1 aliphatic heterocycles. The second-order valence-corrected chi connectivity index (χ2v) is 8.40. The van der Waals surface area contributed by atoms with E-state index in [0.29, 0.717) is 31.5 Å². The average molecular weight is 428 g/mol. The first-order valence-corrected chi connectivity index (χ1v) is 11.2. The minimum Gasteiger partial charge on any atom is -0.352 e. The second kappa shape index (κ2) is 10.2. The average Bonchev–Trinajstić information content (AvgIpc) is 2.85. The molecule has 2 aromatic carbocycles. The summed E-state index contributed by atoms with van der Waals surface area (Å²) in [6, 6.07) is 24.1. The molecule has 0 radical (unpaired) electrons. The van der Waals surface area contributed by atoms with Gasteiger partial charge in [-0.2, -0.15) is 0 Å². The van der Waals surface area contributed by atoms with E-state index in [2.05, 4.69) is 41.5 Å². The molecule has 2 heterocycles. The van der Waals surface area contributed by atoms with Crippen molar-refractivity contribution in [2.75, 3.05) is 13.1 Å². The van der Waals surface area contributed by atoms with E-state index < -0.39 is 0 Å². The number of piperidine rings is 1. The molecule has 1 N–H and O–H groups in total. The van der Waals surface area contributed by atoms with Gasteiger partial charge in [-0.25, -0.2) is 0 Å². The molecule has 0 bridgehead atoms. The van der Waals surface area contributed by atoms with Gasteiger partial charge in [0.25, 0.3) is 5.91 Å². The van der Waals surface area contributed by atoms with Crippen LogP contribution in [0.3, 0.4) is 0 Å². The van der Waals surface area contributed by atoms with Crippen molar-refractivity contribution in [3.8, 4) is 0 Å². The van der Waals surface area contributed by atoms with E-state index in [-0.39, 0.29) is 29.7 Å². The van der Waals surface area contributed by atoms with Gasteiger partial charge < -0.3 is 10.2 Å². The van der Waals surface area contributed by atoms with Gasteiger partial charge in [-0.1, -0.05) is 60.7 Å². The van der Waals surface area contributed by atoms with Crippen LogP contribution in [0, 0.1) is 5.92 Å². The fourth-order valence-electron chi connectivity index (χ4n) is 4.53. The molecular formula is C27H29N3O2. The minimum atomic E-state index is -0.0809. The SMILES string of the molecule is C[C@H](NC(=O)C1CCN(C(=O)c2cccnc2)CC1)C(c1ccccc1)c1ccccc1. The maximum absolute atomic E-state index is 13.1. The lowest BCUT2D eigenvalue weighted by Gasteiger charge is -2.33. The van der Waals surface area contributed by atoms with Gasteiger partial charge in [0.1, 0.15) is 0 Å². The standard InChI is InChI=1S/C27H29N3O2/c1-20(25(21-9-4-2-5-10-21)22-11-6-3-7-12-22)29-26(31)23-14-17-30(18-15-23)27(32)24-13-8-16-28-19-24/h2-13,16,19-20,23,25H,14-15,17-18H2,1H3,(H,29,31)/t20-/m0/s1. The Kier molecular flexibility index (Phi) is 6.95. The van der Waals surface area contributed by atoms with Gasteiger partial charge in [-0.15, -0.1) is 0 Å². The van der Waals surface area contributed by atoms with Crippen LogP contribution in [0.15, 0.2) is 85.2 Å². The number of nitrogens with zero attached hydrogens (tertiary/aromatic N) is 2. The molecule has 4 rings (SSSR count). The fraction of sp³-hybridized carbons (Fsp3) is 0.296. The van der Waals surface area contributed by atoms with Gasteiger partial charge in [-0.3, -0.25) is 14.6 Å². The van der Waals surface area contributed by atoms with Crippen molar-refractivity contribution in [2.24, 2.45) is 5.92 Å². The van der Waals surface area contributed by atoms with E-state index in [1.54, 1.807) is 24.5 Å². The maximum Gasteiger partial charge on any atom is 0.255 e. The number of likely N-dealkylation sites (tertiary alicyclic amines) is 1. The molecule has 0 aliphatic carbocycles. The molecule has 32 heavy (non-hydrogen) atoms.